The highest BCUT2D eigenvalue weighted by Gasteiger charge is 2.09. The van der Waals surface area contributed by atoms with E-state index in [2.05, 4.69) is 41.0 Å². The monoisotopic (exact) mass is 420 g/mol. The highest BCUT2D eigenvalue weighted by molar-refractivity contribution is 7.79. The molecular weight excluding hydrogens is 396 g/mol. The van der Waals surface area contributed by atoms with E-state index in [-0.39, 0.29) is 5.91 Å². The van der Waals surface area contributed by atoms with Gasteiger partial charge in [0.05, 0.1) is 17.1 Å². The maximum absolute atomic E-state index is 12.1. The molecule has 0 spiro atoms. The number of nitrogens with one attached hydrogen (secondary N) is 2. The van der Waals surface area contributed by atoms with Gasteiger partial charge in [0.1, 0.15) is 0 Å². The second kappa shape index (κ2) is 10.1. The third kappa shape index (κ3) is 8.81. The Labute approximate surface area is 169 Å². The molecule has 9 nitrogen and oxygen atoms in total. The van der Waals surface area contributed by atoms with Gasteiger partial charge in [0.25, 0.3) is 5.91 Å². The fourth-order valence-corrected chi connectivity index (χ4v) is 2.70. The van der Waals surface area contributed by atoms with Crippen LogP contribution in [0.5, 0.6) is 0 Å². The number of carbonyl (C=O) groups excluding carboxylic acids is 1. The molecule has 29 heavy (non-hydrogen) atoms. The maximum Gasteiger partial charge on any atom is 0.394 e. The number of hydrazone groups is 2. The molecule has 0 aliphatic heterocycles. The minimum atomic E-state index is -4.67. The van der Waals surface area contributed by atoms with Gasteiger partial charge in [0.15, 0.2) is 0 Å². The van der Waals surface area contributed by atoms with Gasteiger partial charge < -0.3 is 0 Å². The molecule has 0 unspecified atom stereocenters. The van der Waals surface area contributed by atoms with Gasteiger partial charge in [-0.1, -0.05) is 11.1 Å². The van der Waals surface area contributed by atoms with Crippen molar-refractivity contribution in [1.82, 2.24) is 5.43 Å². The molecule has 0 fully saturated rings. The fourth-order valence-electron chi connectivity index (χ4n) is 2.70. The van der Waals surface area contributed by atoms with Gasteiger partial charge >= 0.3 is 10.4 Å². The first kappa shape index (κ1) is 22.5. The molecule has 0 saturated carbocycles. The molecule has 0 aromatic heterocycles. The summed E-state index contributed by atoms with van der Waals surface area (Å²) in [7, 11) is -4.67. The molecule has 0 radical (unpaired) electrons. The summed E-state index contributed by atoms with van der Waals surface area (Å²) < 4.78 is 31.6. The van der Waals surface area contributed by atoms with Crippen LogP contribution in [0.1, 0.15) is 49.9 Å². The number of carbonyl (C=O) groups is 1. The van der Waals surface area contributed by atoms with Crippen LogP contribution in [0.4, 0.5) is 5.69 Å². The van der Waals surface area contributed by atoms with Gasteiger partial charge in [-0.3, -0.25) is 19.3 Å². The van der Waals surface area contributed by atoms with Crippen molar-refractivity contribution in [3.05, 3.63) is 53.1 Å². The first-order valence-corrected chi connectivity index (χ1v) is 10.3. The maximum atomic E-state index is 12.1. The SMILES string of the molecule is CC1=CC(=NNC(=O)c2ccc(NN=C3C=C(C)CC3)cc2)CC1.O=S(=O)(O)O. The number of nitrogens with zero attached hydrogens (tertiary/aromatic N) is 2. The molecule has 2 aliphatic rings. The third-order valence-electron chi connectivity index (χ3n) is 4.15. The zero-order valence-electron chi connectivity index (χ0n) is 16.2. The second-order valence-corrected chi connectivity index (χ2v) is 7.66. The summed E-state index contributed by atoms with van der Waals surface area (Å²) in [5, 5.41) is 8.54. The van der Waals surface area contributed by atoms with Crippen LogP contribution in [0.15, 0.2) is 57.8 Å². The Morgan fingerprint density at radius 3 is 1.83 bits per heavy atom. The van der Waals surface area contributed by atoms with Crippen molar-refractivity contribution >= 4 is 33.4 Å². The van der Waals surface area contributed by atoms with E-state index < -0.39 is 10.4 Å². The van der Waals surface area contributed by atoms with Crippen LogP contribution in [0.25, 0.3) is 0 Å². The van der Waals surface area contributed by atoms with Crippen molar-refractivity contribution in [1.29, 1.82) is 0 Å². The Morgan fingerprint density at radius 1 is 0.897 bits per heavy atom. The molecule has 1 amide bonds. The van der Waals surface area contributed by atoms with E-state index in [9.17, 15) is 4.79 Å². The molecular formula is C19H24N4O5S. The number of allylic oxidation sites excluding steroid dienone is 4. The Kier molecular flexibility index (Phi) is 7.82. The topological polar surface area (TPSA) is 140 Å². The molecule has 156 valence electrons. The largest absolute Gasteiger partial charge is 0.394 e. The van der Waals surface area contributed by atoms with Crippen molar-refractivity contribution in [2.24, 2.45) is 10.2 Å². The van der Waals surface area contributed by atoms with Crippen molar-refractivity contribution in [3.63, 3.8) is 0 Å². The Balaban J connectivity index is 0.000000537. The van der Waals surface area contributed by atoms with Crippen LogP contribution < -0.4 is 10.9 Å². The van der Waals surface area contributed by atoms with Gasteiger partial charge in [0, 0.05) is 5.56 Å². The molecule has 4 N–H and O–H groups in total. The number of benzene rings is 1. The van der Waals surface area contributed by atoms with Crippen LogP contribution in [0.2, 0.25) is 0 Å². The standard InChI is InChI=1S/C19H22N4O.H2O4S/c1-13-3-7-17(11-13)21-20-16-9-5-15(6-10-16)19(24)23-22-18-8-4-14(2)12-18;1-5(2,3)4/h5-6,9-12,20H,3-4,7-8H2,1-2H3,(H,23,24);(H2,1,2,3,4). The molecule has 0 bridgehead atoms. The number of hydrogen-bond donors (Lipinski definition) is 4. The Bertz CT molecular complexity index is 968. The van der Waals surface area contributed by atoms with Crippen LogP contribution in [0, 0.1) is 0 Å². The van der Waals surface area contributed by atoms with Gasteiger partial charge in [0.2, 0.25) is 0 Å². The number of hydrogen-bond acceptors (Lipinski definition) is 6. The van der Waals surface area contributed by atoms with Crippen LogP contribution in [-0.2, 0) is 10.4 Å². The van der Waals surface area contributed by atoms with Gasteiger partial charge in [-0.05, 0) is 75.9 Å². The Hall–Kier alpha value is -2.82. The van der Waals surface area contributed by atoms with E-state index in [1.165, 1.54) is 11.1 Å². The first-order chi connectivity index (χ1) is 13.6. The van der Waals surface area contributed by atoms with Crippen molar-refractivity contribution in [3.8, 4) is 0 Å². The molecule has 0 heterocycles. The molecule has 0 atom stereocenters. The summed E-state index contributed by atoms with van der Waals surface area (Å²) in [4.78, 5) is 12.1. The highest BCUT2D eigenvalue weighted by atomic mass is 32.3. The summed E-state index contributed by atoms with van der Waals surface area (Å²) in [6, 6.07) is 7.22. The lowest BCUT2D eigenvalue weighted by atomic mass is 10.2. The lowest BCUT2D eigenvalue weighted by Gasteiger charge is -2.04. The summed E-state index contributed by atoms with van der Waals surface area (Å²) >= 11 is 0. The van der Waals surface area contributed by atoms with E-state index in [4.69, 9.17) is 17.5 Å². The minimum Gasteiger partial charge on any atom is -0.278 e. The molecule has 10 heteroatoms. The average Bonchev–Trinajstić information content (AvgIpc) is 3.25. The van der Waals surface area contributed by atoms with Gasteiger partial charge in [-0.15, -0.1) is 0 Å². The predicted molar refractivity (Wildman–Crippen MR) is 113 cm³/mol. The average molecular weight is 420 g/mol. The number of anilines is 1. The van der Waals surface area contributed by atoms with Crippen molar-refractivity contribution in [2.75, 3.05) is 5.43 Å². The van der Waals surface area contributed by atoms with E-state index in [0.29, 0.717) is 5.56 Å². The normalized spacial score (nSPS) is 18.8. The number of amides is 1. The summed E-state index contributed by atoms with van der Waals surface area (Å²) in [6.07, 6.45) is 8.10. The smallest absolute Gasteiger partial charge is 0.278 e. The molecule has 1 aromatic carbocycles. The van der Waals surface area contributed by atoms with Crippen LogP contribution >= 0.6 is 0 Å². The molecule has 0 saturated heterocycles. The summed E-state index contributed by atoms with van der Waals surface area (Å²) in [5.41, 5.74) is 11.7. The van der Waals surface area contributed by atoms with E-state index >= 15 is 0 Å². The Morgan fingerprint density at radius 2 is 1.38 bits per heavy atom. The summed E-state index contributed by atoms with van der Waals surface area (Å²) in [6.45, 7) is 4.18. The van der Waals surface area contributed by atoms with Crippen molar-refractivity contribution in [2.45, 2.75) is 39.5 Å². The third-order valence-corrected chi connectivity index (χ3v) is 4.15. The zero-order valence-corrected chi connectivity index (χ0v) is 17.0. The van der Waals surface area contributed by atoms with Gasteiger partial charge in [-0.25, -0.2) is 5.43 Å². The fraction of sp³-hybridized carbons (Fsp3) is 0.316. The zero-order chi connectivity index (χ0) is 21.4. The quantitative estimate of drug-likeness (QED) is 0.435. The second-order valence-electron chi connectivity index (χ2n) is 6.77. The van der Waals surface area contributed by atoms with Gasteiger partial charge in [-0.2, -0.15) is 18.6 Å². The van der Waals surface area contributed by atoms with Crippen LogP contribution in [-0.4, -0.2) is 34.9 Å². The lowest BCUT2D eigenvalue weighted by Crippen LogP contribution is -2.18. The predicted octanol–water partition coefficient (Wildman–Crippen LogP) is 3.37. The van der Waals surface area contributed by atoms with E-state index in [1.807, 2.05) is 18.2 Å². The summed E-state index contributed by atoms with van der Waals surface area (Å²) in [5.74, 6) is -0.201. The minimum absolute atomic E-state index is 0.201. The van der Waals surface area contributed by atoms with Crippen molar-refractivity contribution < 1.29 is 22.3 Å². The van der Waals surface area contributed by atoms with E-state index in [0.717, 1.165) is 42.8 Å². The molecule has 1 aromatic rings. The first-order valence-electron chi connectivity index (χ1n) is 8.94. The lowest BCUT2D eigenvalue weighted by molar-refractivity contribution is 0.0955. The molecule has 2 aliphatic carbocycles. The molecule has 3 rings (SSSR count). The number of rotatable bonds is 4. The van der Waals surface area contributed by atoms with Crippen LogP contribution in [0.3, 0.4) is 0 Å². The highest BCUT2D eigenvalue weighted by Crippen LogP contribution is 2.16. The van der Waals surface area contributed by atoms with E-state index in [1.54, 1.807) is 12.1 Å².